The molecule has 31 heavy (non-hydrogen) atoms. The zero-order chi connectivity index (χ0) is 22.3. The summed E-state index contributed by atoms with van der Waals surface area (Å²) in [6.07, 6.45) is 0. The molecule has 0 radical (unpaired) electrons. The Morgan fingerprint density at radius 3 is 2.58 bits per heavy atom. The number of hydrogen-bond donors (Lipinski definition) is 2. The predicted molar refractivity (Wildman–Crippen MR) is 129 cm³/mol. The van der Waals surface area contributed by atoms with Crippen LogP contribution in [0.15, 0.2) is 47.3 Å². The molecule has 6 nitrogen and oxygen atoms in total. The normalized spacial score (nSPS) is 14.8. The number of amides is 1. The number of nitrogens with zero attached hydrogens (tertiary/aromatic N) is 2. The Kier molecular flexibility index (Phi) is 5.67. The van der Waals surface area contributed by atoms with Gasteiger partial charge in [-0.1, -0.05) is 25.4 Å². The van der Waals surface area contributed by atoms with Gasteiger partial charge in [-0.3, -0.25) is 9.59 Å². The van der Waals surface area contributed by atoms with Crippen LogP contribution in [0.5, 0.6) is 0 Å². The SMILES string of the molecule is CC(C)CN1C(=O)CN(C)c2cc(N[C@@H](C)c3cc4cc(Cl)ccc4[nH]c3=O)ccc21. The Labute approximate surface area is 186 Å². The number of hydrogen-bond acceptors (Lipinski definition) is 4. The molecule has 0 spiro atoms. The Hall–Kier alpha value is -2.99. The maximum absolute atomic E-state index is 12.6. The number of aromatic nitrogens is 1. The number of pyridine rings is 1. The molecule has 0 unspecified atom stereocenters. The van der Waals surface area contributed by atoms with Crippen molar-refractivity contribution < 1.29 is 4.79 Å². The van der Waals surface area contributed by atoms with Crippen molar-refractivity contribution in [2.75, 3.05) is 35.3 Å². The van der Waals surface area contributed by atoms with Crippen molar-refractivity contribution in [1.29, 1.82) is 0 Å². The number of carbonyl (C=O) groups excluding carboxylic acids is 1. The number of likely N-dealkylation sites (N-methyl/N-ethyl adjacent to an activating group) is 1. The topological polar surface area (TPSA) is 68.4 Å². The van der Waals surface area contributed by atoms with Gasteiger partial charge in [-0.25, -0.2) is 0 Å². The van der Waals surface area contributed by atoms with Gasteiger partial charge in [0.25, 0.3) is 5.56 Å². The first-order chi connectivity index (χ1) is 14.7. The number of halogens is 1. The van der Waals surface area contributed by atoms with Crippen LogP contribution >= 0.6 is 11.6 Å². The number of rotatable bonds is 5. The average molecular weight is 439 g/mol. The molecule has 4 rings (SSSR count). The Balaban J connectivity index is 1.64. The molecule has 1 atom stereocenters. The van der Waals surface area contributed by atoms with E-state index in [4.69, 9.17) is 11.6 Å². The van der Waals surface area contributed by atoms with Crippen LogP contribution in [0.1, 0.15) is 32.4 Å². The van der Waals surface area contributed by atoms with Gasteiger partial charge in [-0.15, -0.1) is 0 Å². The van der Waals surface area contributed by atoms with Crippen molar-refractivity contribution in [2.24, 2.45) is 5.92 Å². The van der Waals surface area contributed by atoms with E-state index in [9.17, 15) is 9.59 Å². The number of carbonyl (C=O) groups is 1. The fourth-order valence-corrected chi connectivity index (χ4v) is 4.24. The van der Waals surface area contributed by atoms with Gasteiger partial charge in [-0.2, -0.15) is 0 Å². The number of benzene rings is 2. The largest absolute Gasteiger partial charge is 0.378 e. The summed E-state index contributed by atoms with van der Waals surface area (Å²) < 4.78 is 0. The first-order valence-electron chi connectivity index (χ1n) is 10.5. The standard InChI is InChI=1S/C24H27ClN4O2/c1-14(2)12-29-21-8-6-18(11-22(21)28(4)13-23(29)30)26-15(3)19-10-16-9-17(25)5-7-20(16)27-24(19)31/h5-11,14-15,26H,12-13H2,1-4H3,(H,27,31)/t15-/m0/s1. The lowest BCUT2D eigenvalue weighted by molar-refractivity contribution is -0.117. The first-order valence-corrected chi connectivity index (χ1v) is 10.9. The summed E-state index contributed by atoms with van der Waals surface area (Å²) in [7, 11) is 1.93. The molecule has 0 bridgehead atoms. The van der Waals surface area contributed by atoms with Crippen molar-refractivity contribution in [2.45, 2.75) is 26.8 Å². The van der Waals surface area contributed by atoms with Gasteiger partial charge in [0.05, 0.1) is 24.0 Å². The van der Waals surface area contributed by atoms with Crippen molar-refractivity contribution in [3.05, 3.63) is 63.4 Å². The molecule has 0 aliphatic carbocycles. The number of H-pyrrole nitrogens is 1. The number of aromatic amines is 1. The fourth-order valence-electron chi connectivity index (χ4n) is 4.06. The summed E-state index contributed by atoms with van der Waals surface area (Å²) in [5, 5.41) is 4.95. The Morgan fingerprint density at radius 2 is 1.84 bits per heavy atom. The summed E-state index contributed by atoms with van der Waals surface area (Å²) in [5.41, 5.74) is 4.08. The van der Waals surface area contributed by atoms with Gasteiger partial charge < -0.3 is 20.1 Å². The highest BCUT2D eigenvalue weighted by Crippen LogP contribution is 2.36. The zero-order valence-corrected chi connectivity index (χ0v) is 19.0. The molecule has 1 aliphatic rings. The third-order valence-corrected chi connectivity index (χ3v) is 5.82. The monoisotopic (exact) mass is 438 g/mol. The van der Waals surface area contributed by atoms with E-state index >= 15 is 0 Å². The minimum atomic E-state index is -0.215. The average Bonchev–Trinajstić information content (AvgIpc) is 2.70. The maximum atomic E-state index is 12.6. The highest BCUT2D eigenvalue weighted by atomic mass is 35.5. The van der Waals surface area contributed by atoms with Crippen LogP contribution in [0, 0.1) is 5.92 Å². The summed E-state index contributed by atoms with van der Waals surface area (Å²) in [5.74, 6) is 0.491. The molecular formula is C24H27ClN4O2. The third kappa shape index (κ3) is 4.26. The van der Waals surface area contributed by atoms with Gasteiger partial charge in [0, 0.05) is 40.8 Å². The molecule has 0 saturated carbocycles. The smallest absolute Gasteiger partial charge is 0.253 e. The maximum Gasteiger partial charge on any atom is 0.253 e. The molecular weight excluding hydrogens is 412 g/mol. The minimum absolute atomic E-state index is 0.110. The second kappa shape index (κ2) is 8.27. The van der Waals surface area contributed by atoms with Crippen LogP contribution in [0.2, 0.25) is 5.02 Å². The summed E-state index contributed by atoms with van der Waals surface area (Å²) in [6.45, 7) is 7.22. The van der Waals surface area contributed by atoms with E-state index in [0.29, 0.717) is 29.6 Å². The molecule has 1 amide bonds. The predicted octanol–water partition coefficient (Wildman–Crippen LogP) is 4.79. The second-order valence-corrected chi connectivity index (χ2v) is 9.05. The van der Waals surface area contributed by atoms with Crippen LogP contribution in [0.25, 0.3) is 10.9 Å². The number of fused-ring (bicyclic) bond motifs is 2. The quantitative estimate of drug-likeness (QED) is 0.600. The molecule has 7 heteroatoms. The lowest BCUT2D eigenvalue weighted by Gasteiger charge is -2.36. The third-order valence-electron chi connectivity index (χ3n) is 5.58. The van der Waals surface area contributed by atoms with Crippen LogP contribution in [-0.4, -0.2) is 31.0 Å². The highest BCUT2D eigenvalue weighted by Gasteiger charge is 2.28. The second-order valence-electron chi connectivity index (χ2n) is 8.61. The van der Waals surface area contributed by atoms with Gasteiger partial charge >= 0.3 is 0 Å². The van der Waals surface area contributed by atoms with Gasteiger partial charge in [0.2, 0.25) is 5.91 Å². The van der Waals surface area contributed by atoms with E-state index in [1.54, 1.807) is 6.07 Å². The lowest BCUT2D eigenvalue weighted by Crippen LogP contribution is -2.45. The van der Waals surface area contributed by atoms with Crippen molar-refractivity contribution in [1.82, 2.24) is 4.98 Å². The number of anilines is 3. The van der Waals surface area contributed by atoms with Gasteiger partial charge in [0.1, 0.15) is 0 Å². The van der Waals surface area contributed by atoms with Crippen LogP contribution < -0.4 is 20.7 Å². The van der Waals surface area contributed by atoms with E-state index in [0.717, 1.165) is 28.0 Å². The minimum Gasteiger partial charge on any atom is -0.378 e. The Bertz CT molecular complexity index is 1200. The molecule has 0 fully saturated rings. The molecule has 1 aromatic heterocycles. The zero-order valence-electron chi connectivity index (χ0n) is 18.2. The van der Waals surface area contributed by atoms with E-state index in [1.807, 2.05) is 60.2 Å². The molecule has 2 heterocycles. The number of nitrogens with one attached hydrogen (secondary N) is 2. The summed E-state index contributed by atoms with van der Waals surface area (Å²) in [4.78, 5) is 31.9. The van der Waals surface area contributed by atoms with Gasteiger partial charge in [0.15, 0.2) is 0 Å². The van der Waals surface area contributed by atoms with E-state index in [1.165, 1.54) is 0 Å². The van der Waals surface area contributed by atoms with Crippen LogP contribution in [0.3, 0.4) is 0 Å². The van der Waals surface area contributed by atoms with Crippen LogP contribution in [-0.2, 0) is 4.79 Å². The van der Waals surface area contributed by atoms with Crippen LogP contribution in [0.4, 0.5) is 17.1 Å². The summed E-state index contributed by atoms with van der Waals surface area (Å²) in [6, 6.07) is 13.1. The van der Waals surface area contributed by atoms with E-state index < -0.39 is 0 Å². The first kappa shape index (κ1) is 21.2. The molecule has 0 saturated heterocycles. The Morgan fingerprint density at radius 1 is 1.06 bits per heavy atom. The van der Waals surface area contributed by atoms with E-state index in [-0.39, 0.29) is 17.5 Å². The summed E-state index contributed by atoms with van der Waals surface area (Å²) >= 11 is 6.11. The molecule has 162 valence electrons. The molecule has 1 aliphatic heterocycles. The fraction of sp³-hybridized carbons (Fsp3) is 0.333. The molecule has 3 aromatic rings. The van der Waals surface area contributed by atoms with Crippen molar-refractivity contribution in [3.8, 4) is 0 Å². The lowest BCUT2D eigenvalue weighted by atomic mass is 10.1. The van der Waals surface area contributed by atoms with E-state index in [2.05, 4.69) is 24.1 Å². The van der Waals surface area contributed by atoms with Crippen molar-refractivity contribution >= 4 is 45.5 Å². The highest BCUT2D eigenvalue weighted by molar-refractivity contribution is 6.31. The van der Waals surface area contributed by atoms with Crippen molar-refractivity contribution in [3.63, 3.8) is 0 Å². The molecule has 2 N–H and O–H groups in total. The molecule has 2 aromatic carbocycles. The van der Waals surface area contributed by atoms with Gasteiger partial charge in [-0.05, 0) is 55.3 Å².